The van der Waals surface area contributed by atoms with E-state index >= 15 is 0 Å². The molecule has 0 spiro atoms. The topological polar surface area (TPSA) is 41.5 Å². The first-order valence-electron chi connectivity index (χ1n) is 6.43. The van der Waals surface area contributed by atoms with Gasteiger partial charge in [-0.05, 0) is 37.2 Å². The number of aromatic hydroxyl groups is 1. The number of para-hydroxylation sites is 1. The van der Waals surface area contributed by atoms with Gasteiger partial charge in [-0.3, -0.25) is 0 Å². The molecule has 0 aliphatic heterocycles. The zero-order chi connectivity index (χ0) is 13.5. The van der Waals surface area contributed by atoms with Crippen LogP contribution in [0.5, 0.6) is 11.5 Å². The number of phenols is 1. The first-order chi connectivity index (χ1) is 9.31. The molecule has 100 valence electrons. The summed E-state index contributed by atoms with van der Waals surface area (Å²) >= 11 is 0. The molecule has 2 aromatic rings. The summed E-state index contributed by atoms with van der Waals surface area (Å²) in [5, 5.41) is 13.2. The number of phenolic OH excluding ortho intramolecular Hbond substituents is 1. The second-order valence-corrected chi connectivity index (χ2v) is 4.39. The lowest BCUT2D eigenvalue weighted by molar-refractivity contribution is 0.288. The van der Waals surface area contributed by atoms with Crippen LogP contribution in [0.15, 0.2) is 48.5 Å². The molecule has 0 aromatic heterocycles. The van der Waals surface area contributed by atoms with Crippen LogP contribution in [0.25, 0.3) is 0 Å². The molecular weight excluding hydrogens is 238 g/mol. The molecule has 0 saturated carbocycles. The zero-order valence-corrected chi connectivity index (χ0v) is 11.1. The molecule has 19 heavy (non-hydrogen) atoms. The molecule has 3 nitrogen and oxygen atoms in total. The summed E-state index contributed by atoms with van der Waals surface area (Å²) in [6.07, 6.45) is 0.783. The minimum atomic E-state index is 0.244. The number of hydrogen-bond donors (Lipinski definition) is 2. The lowest BCUT2D eigenvalue weighted by atomic mass is 10.1. The summed E-state index contributed by atoms with van der Waals surface area (Å²) in [6, 6.07) is 15.5. The fourth-order valence-corrected chi connectivity index (χ4v) is 1.88. The van der Waals surface area contributed by atoms with Crippen LogP contribution in [-0.4, -0.2) is 18.7 Å². The maximum absolute atomic E-state index is 10.1. The van der Waals surface area contributed by atoms with Crippen LogP contribution in [-0.2, 0) is 13.0 Å². The van der Waals surface area contributed by atoms with Crippen molar-refractivity contribution in [2.75, 3.05) is 13.6 Å². The van der Waals surface area contributed by atoms with Crippen LogP contribution in [0.2, 0.25) is 0 Å². The molecule has 0 bridgehead atoms. The summed E-state index contributed by atoms with van der Waals surface area (Å²) < 4.78 is 5.67. The summed E-state index contributed by atoms with van der Waals surface area (Å²) in [5.41, 5.74) is 1.99. The Morgan fingerprint density at radius 1 is 1.05 bits per heavy atom. The van der Waals surface area contributed by atoms with E-state index < -0.39 is 0 Å². The monoisotopic (exact) mass is 257 g/mol. The lowest BCUT2D eigenvalue weighted by Gasteiger charge is -2.11. The van der Waals surface area contributed by atoms with Crippen LogP contribution >= 0.6 is 0 Å². The lowest BCUT2D eigenvalue weighted by Crippen LogP contribution is -2.10. The van der Waals surface area contributed by atoms with Crippen LogP contribution in [0.3, 0.4) is 0 Å². The summed E-state index contributed by atoms with van der Waals surface area (Å²) in [6.45, 7) is 1.29. The van der Waals surface area contributed by atoms with Crippen molar-refractivity contribution < 1.29 is 9.84 Å². The Hall–Kier alpha value is -2.00. The SMILES string of the molecule is CNCCc1cccc(OCc2ccccc2)c1O. The molecule has 0 saturated heterocycles. The molecule has 0 heterocycles. The highest BCUT2D eigenvalue weighted by molar-refractivity contribution is 5.45. The Balaban J connectivity index is 2.04. The number of nitrogens with one attached hydrogen (secondary N) is 1. The number of ether oxygens (including phenoxy) is 1. The Morgan fingerprint density at radius 2 is 1.84 bits per heavy atom. The van der Waals surface area contributed by atoms with E-state index in [0.29, 0.717) is 12.4 Å². The third-order valence-corrected chi connectivity index (χ3v) is 2.96. The third kappa shape index (κ3) is 3.73. The van der Waals surface area contributed by atoms with Crippen molar-refractivity contribution >= 4 is 0 Å². The van der Waals surface area contributed by atoms with E-state index in [-0.39, 0.29) is 5.75 Å². The Bertz CT molecular complexity index is 511. The van der Waals surface area contributed by atoms with Crippen LogP contribution in [0.4, 0.5) is 0 Å². The standard InChI is InChI=1S/C16H19NO2/c1-17-11-10-14-8-5-9-15(16(14)18)19-12-13-6-3-2-4-7-13/h2-9,17-18H,10-12H2,1H3. The van der Waals surface area contributed by atoms with Gasteiger partial charge in [-0.1, -0.05) is 42.5 Å². The van der Waals surface area contributed by atoms with E-state index in [1.807, 2.05) is 49.5 Å². The van der Waals surface area contributed by atoms with Gasteiger partial charge in [-0.15, -0.1) is 0 Å². The van der Waals surface area contributed by atoms with E-state index in [1.165, 1.54) is 0 Å². The maximum atomic E-state index is 10.1. The molecule has 0 unspecified atom stereocenters. The fourth-order valence-electron chi connectivity index (χ4n) is 1.88. The molecule has 2 N–H and O–H groups in total. The van der Waals surface area contributed by atoms with Gasteiger partial charge in [0.25, 0.3) is 0 Å². The second-order valence-electron chi connectivity index (χ2n) is 4.39. The van der Waals surface area contributed by atoms with Gasteiger partial charge >= 0.3 is 0 Å². The van der Waals surface area contributed by atoms with Crippen molar-refractivity contribution in [2.24, 2.45) is 0 Å². The predicted molar refractivity (Wildman–Crippen MR) is 76.5 cm³/mol. The quantitative estimate of drug-likeness (QED) is 0.836. The second kappa shape index (κ2) is 6.81. The first kappa shape index (κ1) is 13.4. The largest absolute Gasteiger partial charge is 0.504 e. The average molecular weight is 257 g/mol. The van der Waals surface area contributed by atoms with Crippen LogP contribution in [0, 0.1) is 0 Å². The van der Waals surface area contributed by atoms with Gasteiger partial charge in [-0.2, -0.15) is 0 Å². The number of rotatable bonds is 6. The molecule has 0 atom stereocenters. The van der Waals surface area contributed by atoms with Gasteiger partial charge in [-0.25, -0.2) is 0 Å². The normalized spacial score (nSPS) is 10.4. The van der Waals surface area contributed by atoms with E-state index in [0.717, 1.165) is 24.1 Å². The zero-order valence-electron chi connectivity index (χ0n) is 11.1. The predicted octanol–water partition coefficient (Wildman–Crippen LogP) is 2.73. The van der Waals surface area contributed by atoms with Gasteiger partial charge in [0.05, 0.1) is 0 Å². The number of hydrogen-bond acceptors (Lipinski definition) is 3. The molecule has 2 aromatic carbocycles. The summed E-state index contributed by atoms with van der Waals surface area (Å²) in [5.74, 6) is 0.783. The van der Waals surface area contributed by atoms with Crippen molar-refractivity contribution in [3.05, 3.63) is 59.7 Å². The van der Waals surface area contributed by atoms with Crippen molar-refractivity contribution in [2.45, 2.75) is 13.0 Å². The fraction of sp³-hybridized carbons (Fsp3) is 0.250. The van der Waals surface area contributed by atoms with Crippen LogP contribution in [0.1, 0.15) is 11.1 Å². The molecule has 2 rings (SSSR count). The van der Waals surface area contributed by atoms with Crippen LogP contribution < -0.4 is 10.1 Å². The number of likely N-dealkylation sites (N-methyl/N-ethyl adjacent to an activating group) is 1. The van der Waals surface area contributed by atoms with Crippen molar-refractivity contribution in [3.8, 4) is 11.5 Å². The van der Waals surface area contributed by atoms with Gasteiger partial charge < -0.3 is 15.2 Å². The van der Waals surface area contributed by atoms with Gasteiger partial charge in [0, 0.05) is 0 Å². The smallest absolute Gasteiger partial charge is 0.161 e. The van der Waals surface area contributed by atoms with Gasteiger partial charge in [0.1, 0.15) is 6.61 Å². The molecular formula is C16H19NO2. The highest BCUT2D eigenvalue weighted by Crippen LogP contribution is 2.30. The van der Waals surface area contributed by atoms with Gasteiger partial charge in [0.2, 0.25) is 0 Å². The first-order valence-corrected chi connectivity index (χ1v) is 6.43. The van der Waals surface area contributed by atoms with Gasteiger partial charge in [0.15, 0.2) is 11.5 Å². The Labute approximate surface area is 113 Å². The summed E-state index contributed by atoms with van der Waals surface area (Å²) in [7, 11) is 1.90. The van der Waals surface area contributed by atoms with E-state index in [9.17, 15) is 5.11 Å². The molecule has 3 heteroatoms. The third-order valence-electron chi connectivity index (χ3n) is 2.96. The average Bonchev–Trinajstić information content (AvgIpc) is 2.46. The highest BCUT2D eigenvalue weighted by Gasteiger charge is 2.07. The van der Waals surface area contributed by atoms with E-state index in [2.05, 4.69) is 5.32 Å². The minimum Gasteiger partial charge on any atom is -0.504 e. The minimum absolute atomic E-state index is 0.244. The Kier molecular flexibility index (Phi) is 4.81. The Morgan fingerprint density at radius 3 is 2.58 bits per heavy atom. The highest BCUT2D eigenvalue weighted by atomic mass is 16.5. The summed E-state index contributed by atoms with van der Waals surface area (Å²) in [4.78, 5) is 0. The molecule has 0 aliphatic rings. The van der Waals surface area contributed by atoms with E-state index in [1.54, 1.807) is 6.07 Å². The molecule has 0 aliphatic carbocycles. The number of benzene rings is 2. The van der Waals surface area contributed by atoms with Crippen molar-refractivity contribution in [1.29, 1.82) is 0 Å². The molecule has 0 radical (unpaired) electrons. The maximum Gasteiger partial charge on any atom is 0.161 e. The van der Waals surface area contributed by atoms with Crippen molar-refractivity contribution in [1.82, 2.24) is 5.32 Å². The molecule has 0 fully saturated rings. The molecule has 0 amide bonds. The van der Waals surface area contributed by atoms with E-state index in [4.69, 9.17) is 4.74 Å². The van der Waals surface area contributed by atoms with Crippen molar-refractivity contribution in [3.63, 3.8) is 0 Å².